The summed E-state index contributed by atoms with van der Waals surface area (Å²) in [5, 5.41) is 8.79. The lowest BCUT2D eigenvalue weighted by Gasteiger charge is -2.19. The molecule has 1 aliphatic heterocycles. The highest BCUT2D eigenvalue weighted by Crippen LogP contribution is 2.15. The van der Waals surface area contributed by atoms with Gasteiger partial charge in [-0.3, -0.25) is 4.90 Å². The maximum Gasteiger partial charge on any atom is 0.140 e. The zero-order valence-electron chi connectivity index (χ0n) is 9.95. The predicted molar refractivity (Wildman–Crippen MR) is 64.9 cm³/mol. The molecule has 0 saturated carbocycles. The summed E-state index contributed by atoms with van der Waals surface area (Å²) in [6.07, 6.45) is 5.10. The van der Waals surface area contributed by atoms with Gasteiger partial charge in [0.25, 0.3) is 0 Å². The van der Waals surface area contributed by atoms with E-state index in [9.17, 15) is 4.39 Å². The van der Waals surface area contributed by atoms with E-state index in [1.165, 1.54) is 31.7 Å². The number of nitrogens with zero attached hydrogens (tertiary/aromatic N) is 2. The Kier molecular flexibility index (Phi) is 4.11. The van der Waals surface area contributed by atoms with Crippen LogP contribution in [0.4, 0.5) is 4.39 Å². The molecule has 0 N–H and O–H groups in total. The van der Waals surface area contributed by atoms with Gasteiger partial charge in [0.1, 0.15) is 11.9 Å². The lowest BCUT2D eigenvalue weighted by atomic mass is 10.1. The average molecular weight is 232 g/mol. The summed E-state index contributed by atoms with van der Waals surface area (Å²) in [5.41, 5.74) is 1.18. The van der Waals surface area contributed by atoms with Crippen molar-refractivity contribution in [2.75, 3.05) is 13.1 Å². The van der Waals surface area contributed by atoms with Gasteiger partial charge in [-0.1, -0.05) is 18.9 Å². The first-order valence-electron chi connectivity index (χ1n) is 6.20. The molecule has 2 nitrogen and oxygen atoms in total. The fraction of sp³-hybridized carbons (Fsp3) is 0.500. The summed E-state index contributed by atoms with van der Waals surface area (Å²) in [6.45, 7) is 3.05. The van der Waals surface area contributed by atoms with Crippen molar-refractivity contribution in [2.45, 2.75) is 32.2 Å². The summed E-state index contributed by atoms with van der Waals surface area (Å²) >= 11 is 0. The zero-order chi connectivity index (χ0) is 12.1. The summed E-state index contributed by atoms with van der Waals surface area (Å²) in [6, 6.07) is 6.73. The van der Waals surface area contributed by atoms with E-state index in [1.54, 1.807) is 12.1 Å². The monoisotopic (exact) mass is 232 g/mol. The number of hydrogen-bond donors (Lipinski definition) is 0. The highest BCUT2D eigenvalue weighted by atomic mass is 19.1. The molecule has 1 fully saturated rings. The fourth-order valence-electron chi connectivity index (χ4n) is 2.31. The first kappa shape index (κ1) is 12.1. The van der Waals surface area contributed by atoms with Gasteiger partial charge in [-0.25, -0.2) is 4.39 Å². The Morgan fingerprint density at radius 1 is 1.18 bits per heavy atom. The molecule has 0 spiro atoms. The minimum atomic E-state index is -0.424. The third kappa shape index (κ3) is 3.28. The quantitative estimate of drug-likeness (QED) is 0.783. The van der Waals surface area contributed by atoms with Gasteiger partial charge >= 0.3 is 0 Å². The highest BCUT2D eigenvalue weighted by Gasteiger charge is 2.10. The Morgan fingerprint density at radius 3 is 2.53 bits per heavy atom. The van der Waals surface area contributed by atoms with Crippen molar-refractivity contribution in [3.8, 4) is 6.07 Å². The predicted octanol–water partition coefficient (Wildman–Crippen LogP) is 3.07. The van der Waals surface area contributed by atoms with Crippen LogP contribution in [0.15, 0.2) is 18.2 Å². The minimum absolute atomic E-state index is 0.150. The molecule has 1 heterocycles. The van der Waals surface area contributed by atoms with Crippen molar-refractivity contribution in [2.24, 2.45) is 0 Å². The minimum Gasteiger partial charge on any atom is -0.299 e. The van der Waals surface area contributed by atoms with E-state index in [-0.39, 0.29) is 5.56 Å². The van der Waals surface area contributed by atoms with Crippen molar-refractivity contribution in [1.82, 2.24) is 4.90 Å². The number of hydrogen-bond acceptors (Lipinski definition) is 2. The molecule has 0 unspecified atom stereocenters. The summed E-state index contributed by atoms with van der Waals surface area (Å²) in [7, 11) is 0. The molecule has 0 amide bonds. The van der Waals surface area contributed by atoms with Crippen LogP contribution in [0, 0.1) is 17.1 Å². The van der Waals surface area contributed by atoms with E-state index >= 15 is 0 Å². The molecule has 90 valence electrons. The largest absolute Gasteiger partial charge is 0.299 e. The molecule has 2 rings (SSSR count). The molecule has 1 aromatic rings. The van der Waals surface area contributed by atoms with E-state index in [1.807, 2.05) is 6.07 Å². The average Bonchev–Trinajstić information content (AvgIpc) is 2.60. The van der Waals surface area contributed by atoms with E-state index in [0.29, 0.717) is 0 Å². The van der Waals surface area contributed by atoms with Crippen molar-refractivity contribution < 1.29 is 4.39 Å². The summed E-state index contributed by atoms with van der Waals surface area (Å²) in [4.78, 5) is 2.39. The van der Waals surface area contributed by atoms with Gasteiger partial charge in [0.05, 0.1) is 5.56 Å². The van der Waals surface area contributed by atoms with Crippen LogP contribution in [0.1, 0.15) is 36.8 Å². The van der Waals surface area contributed by atoms with Crippen molar-refractivity contribution in [3.63, 3.8) is 0 Å². The van der Waals surface area contributed by atoms with Gasteiger partial charge in [-0.15, -0.1) is 0 Å². The number of benzene rings is 1. The highest BCUT2D eigenvalue weighted by molar-refractivity contribution is 5.34. The molecule has 0 aliphatic carbocycles. The molecule has 1 aliphatic rings. The molecule has 0 radical (unpaired) electrons. The second kappa shape index (κ2) is 5.79. The lowest BCUT2D eigenvalue weighted by Crippen LogP contribution is -2.24. The smallest absolute Gasteiger partial charge is 0.140 e. The first-order chi connectivity index (χ1) is 8.29. The Bertz CT molecular complexity index is 415. The van der Waals surface area contributed by atoms with Gasteiger partial charge in [-0.05, 0) is 43.6 Å². The number of rotatable bonds is 2. The number of likely N-dealkylation sites (tertiary alicyclic amines) is 1. The molecule has 1 aromatic carbocycles. The van der Waals surface area contributed by atoms with Gasteiger partial charge in [-0.2, -0.15) is 5.26 Å². The van der Waals surface area contributed by atoms with Crippen LogP contribution in [-0.2, 0) is 6.54 Å². The van der Waals surface area contributed by atoms with Crippen molar-refractivity contribution >= 4 is 0 Å². The maximum atomic E-state index is 13.2. The molecule has 0 bridgehead atoms. The Labute approximate surface area is 102 Å². The first-order valence-corrected chi connectivity index (χ1v) is 6.20. The third-order valence-corrected chi connectivity index (χ3v) is 3.26. The standard InChI is InChI=1S/C14H17FN2/c15-14-6-5-12(9-13(14)10-16)11-17-7-3-1-2-4-8-17/h5-6,9H,1-4,7-8,11H2. The summed E-state index contributed by atoms with van der Waals surface area (Å²) in [5.74, 6) is -0.424. The summed E-state index contributed by atoms with van der Waals surface area (Å²) < 4.78 is 13.2. The van der Waals surface area contributed by atoms with E-state index < -0.39 is 5.82 Å². The van der Waals surface area contributed by atoms with E-state index in [0.717, 1.165) is 25.2 Å². The van der Waals surface area contributed by atoms with Gasteiger partial charge in [0.15, 0.2) is 0 Å². The second-order valence-corrected chi connectivity index (χ2v) is 4.62. The van der Waals surface area contributed by atoms with Crippen molar-refractivity contribution in [1.29, 1.82) is 5.26 Å². The Hall–Kier alpha value is -1.40. The normalized spacial score (nSPS) is 17.4. The molecule has 0 atom stereocenters. The topological polar surface area (TPSA) is 27.0 Å². The Balaban J connectivity index is 2.05. The molecule has 3 heteroatoms. The van der Waals surface area contributed by atoms with Crippen LogP contribution < -0.4 is 0 Å². The third-order valence-electron chi connectivity index (χ3n) is 3.26. The van der Waals surface area contributed by atoms with Gasteiger partial charge < -0.3 is 0 Å². The van der Waals surface area contributed by atoms with Gasteiger partial charge in [0.2, 0.25) is 0 Å². The van der Waals surface area contributed by atoms with Crippen LogP contribution in [0.25, 0.3) is 0 Å². The van der Waals surface area contributed by atoms with Crippen LogP contribution in [0.3, 0.4) is 0 Å². The van der Waals surface area contributed by atoms with Crippen LogP contribution in [-0.4, -0.2) is 18.0 Å². The molecule has 1 saturated heterocycles. The molecular formula is C14H17FN2. The second-order valence-electron chi connectivity index (χ2n) is 4.62. The maximum absolute atomic E-state index is 13.2. The lowest BCUT2D eigenvalue weighted by molar-refractivity contribution is 0.277. The van der Waals surface area contributed by atoms with Crippen molar-refractivity contribution in [3.05, 3.63) is 35.1 Å². The SMILES string of the molecule is N#Cc1cc(CN2CCCCCC2)ccc1F. The molecule has 17 heavy (non-hydrogen) atoms. The zero-order valence-corrected chi connectivity index (χ0v) is 9.95. The fourth-order valence-corrected chi connectivity index (χ4v) is 2.31. The van der Waals surface area contributed by atoms with E-state index in [2.05, 4.69) is 4.90 Å². The number of halogens is 1. The van der Waals surface area contributed by atoms with Gasteiger partial charge in [0, 0.05) is 6.54 Å². The molecular weight excluding hydrogens is 215 g/mol. The number of nitriles is 1. The van der Waals surface area contributed by atoms with E-state index in [4.69, 9.17) is 5.26 Å². The Morgan fingerprint density at radius 2 is 1.88 bits per heavy atom. The van der Waals surface area contributed by atoms with Crippen LogP contribution in [0.2, 0.25) is 0 Å². The van der Waals surface area contributed by atoms with Crippen LogP contribution in [0.5, 0.6) is 0 Å². The molecule has 0 aromatic heterocycles. The van der Waals surface area contributed by atoms with Crippen LogP contribution >= 0.6 is 0 Å².